The summed E-state index contributed by atoms with van der Waals surface area (Å²) in [6.45, 7) is 0.432. The number of hydrogen-bond acceptors (Lipinski definition) is 3. The highest BCUT2D eigenvalue weighted by Gasteiger charge is 2.11. The van der Waals surface area contributed by atoms with Crippen molar-refractivity contribution in [2.24, 2.45) is 5.73 Å². The summed E-state index contributed by atoms with van der Waals surface area (Å²) >= 11 is 0. The Hall–Kier alpha value is -2.00. The van der Waals surface area contributed by atoms with Crippen molar-refractivity contribution in [3.05, 3.63) is 60.2 Å². The first kappa shape index (κ1) is 12.5. The molecule has 2 N–H and O–H groups in total. The number of methoxy groups -OCH3 is 1. The second kappa shape index (κ2) is 6.07. The first-order chi connectivity index (χ1) is 8.83. The number of para-hydroxylation sites is 1. The van der Waals surface area contributed by atoms with Crippen LogP contribution in [0.15, 0.2) is 54.6 Å². The number of hydrogen-bond donors (Lipinski definition) is 1. The number of ether oxygens (including phenoxy) is 2. The van der Waals surface area contributed by atoms with Crippen LogP contribution in [-0.2, 0) is 0 Å². The van der Waals surface area contributed by atoms with Crippen molar-refractivity contribution in [1.29, 1.82) is 0 Å². The topological polar surface area (TPSA) is 44.5 Å². The Morgan fingerprint density at radius 3 is 2.17 bits per heavy atom. The Kier molecular flexibility index (Phi) is 4.20. The molecule has 0 amide bonds. The minimum Gasteiger partial charge on any atom is -0.497 e. The van der Waals surface area contributed by atoms with Gasteiger partial charge in [0.05, 0.1) is 7.11 Å². The third-order valence-electron chi connectivity index (χ3n) is 2.72. The van der Waals surface area contributed by atoms with Crippen LogP contribution in [0.5, 0.6) is 11.5 Å². The molecule has 0 saturated heterocycles. The van der Waals surface area contributed by atoms with E-state index >= 15 is 0 Å². The van der Waals surface area contributed by atoms with Crippen LogP contribution in [0.4, 0.5) is 0 Å². The van der Waals surface area contributed by atoms with E-state index in [4.69, 9.17) is 15.2 Å². The van der Waals surface area contributed by atoms with Crippen molar-refractivity contribution in [1.82, 2.24) is 0 Å². The minimum absolute atomic E-state index is 0.140. The fourth-order valence-electron chi connectivity index (χ4n) is 1.73. The molecule has 0 heterocycles. The molecule has 0 aliphatic rings. The fraction of sp³-hybridized carbons (Fsp3) is 0.200. The van der Waals surface area contributed by atoms with Gasteiger partial charge in [-0.05, 0) is 29.8 Å². The standard InChI is InChI=1S/C15H17NO2/c1-17-13-9-7-12(8-10-13)15(11-16)18-14-5-3-2-4-6-14/h2-10,15H,11,16H2,1H3. The molecule has 0 saturated carbocycles. The second-order valence-electron chi connectivity index (χ2n) is 3.93. The van der Waals surface area contributed by atoms with Crippen molar-refractivity contribution in [2.45, 2.75) is 6.10 Å². The lowest BCUT2D eigenvalue weighted by atomic mass is 10.1. The molecule has 0 spiro atoms. The quantitative estimate of drug-likeness (QED) is 0.878. The number of benzene rings is 2. The highest BCUT2D eigenvalue weighted by Crippen LogP contribution is 2.22. The van der Waals surface area contributed by atoms with Crippen LogP contribution in [0.3, 0.4) is 0 Å². The van der Waals surface area contributed by atoms with Gasteiger partial charge in [-0.25, -0.2) is 0 Å². The molecule has 94 valence electrons. The summed E-state index contributed by atoms with van der Waals surface area (Å²) in [4.78, 5) is 0. The van der Waals surface area contributed by atoms with Crippen molar-refractivity contribution in [3.8, 4) is 11.5 Å². The van der Waals surface area contributed by atoms with E-state index < -0.39 is 0 Å². The van der Waals surface area contributed by atoms with Crippen molar-refractivity contribution in [2.75, 3.05) is 13.7 Å². The zero-order chi connectivity index (χ0) is 12.8. The van der Waals surface area contributed by atoms with E-state index in [1.807, 2.05) is 54.6 Å². The molecule has 2 aromatic rings. The highest BCUT2D eigenvalue weighted by atomic mass is 16.5. The predicted molar refractivity (Wildman–Crippen MR) is 71.9 cm³/mol. The summed E-state index contributed by atoms with van der Waals surface area (Å²) < 4.78 is 11.0. The zero-order valence-corrected chi connectivity index (χ0v) is 10.4. The van der Waals surface area contributed by atoms with Gasteiger partial charge >= 0.3 is 0 Å². The molecule has 0 aromatic heterocycles. The van der Waals surface area contributed by atoms with Gasteiger partial charge in [0.2, 0.25) is 0 Å². The Bertz CT molecular complexity index is 468. The molecule has 1 atom stereocenters. The van der Waals surface area contributed by atoms with E-state index in [0.717, 1.165) is 17.1 Å². The van der Waals surface area contributed by atoms with Crippen molar-refractivity contribution < 1.29 is 9.47 Å². The second-order valence-corrected chi connectivity index (χ2v) is 3.93. The SMILES string of the molecule is COc1ccc(C(CN)Oc2ccccc2)cc1. The summed E-state index contributed by atoms with van der Waals surface area (Å²) in [5, 5.41) is 0. The van der Waals surface area contributed by atoms with E-state index in [1.165, 1.54) is 0 Å². The van der Waals surface area contributed by atoms with Crippen molar-refractivity contribution in [3.63, 3.8) is 0 Å². The summed E-state index contributed by atoms with van der Waals surface area (Å²) in [6, 6.07) is 17.4. The lowest BCUT2D eigenvalue weighted by molar-refractivity contribution is 0.214. The molecular weight excluding hydrogens is 226 g/mol. The lowest BCUT2D eigenvalue weighted by Crippen LogP contribution is -2.18. The minimum atomic E-state index is -0.140. The van der Waals surface area contributed by atoms with Crippen LogP contribution in [0.1, 0.15) is 11.7 Å². The molecule has 2 rings (SSSR count). The number of rotatable bonds is 5. The van der Waals surface area contributed by atoms with E-state index in [0.29, 0.717) is 6.54 Å². The van der Waals surface area contributed by atoms with Gasteiger partial charge in [0, 0.05) is 6.54 Å². The van der Waals surface area contributed by atoms with Crippen LogP contribution in [0.25, 0.3) is 0 Å². The monoisotopic (exact) mass is 243 g/mol. The average molecular weight is 243 g/mol. The predicted octanol–water partition coefficient (Wildman–Crippen LogP) is 2.77. The van der Waals surface area contributed by atoms with E-state index in [9.17, 15) is 0 Å². The van der Waals surface area contributed by atoms with Crippen LogP contribution in [0, 0.1) is 0 Å². The van der Waals surface area contributed by atoms with Gasteiger partial charge in [-0.2, -0.15) is 0 Å². The molecule has 0 aliphatic carbocycles. The largest absolute Gasteiger partial charge is 0.497 e. The molecule has 0 fully saturated rings. The van der Waals surface area contributed by atoms with Crippen LogP contribution in [-0.4, -0.2) is 13.7 Å². The first-order valence-electron chi connectivity index (χ1n) is 5.89. The maximum absolute atomic E-state index is 5.86. The smallest absolute Gasteiger partial charge is 0.136 e. The van der Waals surface area contributed by atoms with E-state index in [1.54, 1.807) is 7.11 Å². The highest BCUT2D eigenvalue weighted by molar-refractivity contribution is 5.30. The lowest BCUT2D eigenvalue weighted by Gasteiger charge is -2.18. The Balaban J connectivity index is 2.12. The van der Waals surface area contributed by atoms with Gasteiger partial charge in [-0.3, -0.25) is 0 Å². The van der Waals surface area contributed by atoms with Crippen LogP contribution < -0.4 is 15.2 Å². The van der Waals surface area contributed by atoms with Gasteiger partial charge in [0.25, 0.3) is 0 Å². The summed E-state index contributed by atoms with van der Waals surface area (Å²) in [5.74, 6) is 1.65. The maximum atomic E-state index is 5.86. The fourth-order valence-corrected chi connectivity index (χ4v) is 1.73. The maximum Gasteiger partial charge on any atom is 0.136 e. The van der Waals surface area contributed by atoms with Gasteiger partial charge in [-0.1, -0.05) is 30.3 Å². The van der Waals surface area contributed by atoms with Crippen LogP contribution in [0.2, 0.25) is 0 Å². The molecule has 0 bridgehead atoms. The average Bonchev–Trinajstić information content (AvgIpc) is 2.46. The van der Waals surface area contributed by atoms with Crippen LogP contribution >= 0.6 is 0 Å². The third kappa shape index (κ3) is 3.02. The molecule has 2 aromatic carbocycles. The number of nitrogens with two attached hydrogens (primary N) is 1. The Morgan fingerprint density at radius 1 is 0.944 bits per heavy atom. The van der Waals surface area contributed by atoms with Crippen molar-refractivity contribution >= 4 is 0 Å². The summed E-state index contributed by atoms with van der Waals surface area (Å²) in [5.41, 5.74) is 6.81. The van der Waals surface area contributed by atoms with Gasteiger partial charge in [0.1, 0.15) is 17.6 Å². The Morgan fingerprint density at radius 2 is 1.61 bits per heavy atom. The molecule has 3 heteroatoms. The normalized spacial score (nSPS) is 11.9. The van der Waals surface area contributed by atoms with E-state index in [-0.39, 0.29) is 6.10 Å². The van der Waals surface area contributed by atoms with Gasteiger partial charge < -0.3 is 15.2 Å². The van der Waals surface area contributed by atoms with Gasteiger partial charge in [-0.15, -0.1) is 0 Å². The molecule has 1 unspecified atom stereocenters. The molecule has 18 heavy (non-hydrogen) atoms. The molecular formula is C15H17NO2. The van der Waals surface area contributed by atoms with E-state index in [2.05, 4.69) is 0 Å². The molecule has 0 aliphatic heterocycles. The summed E-state index contributed by atoms with van der Waals surface area (Å²) in [6.07, 6.45) is -0.140. The first-order valence-corrected chi connectivity index (χ1v) is 5.89. The van der Waals surface area contributed by atoms with Gasteiger partial charge in [0.15, 0.2) is 0 Å². The zero-order valence-electron chi connectivity index (χ0n) is 10.4. The molecule has 0 radical (unpaired) electrons. The Labute approximate surface area is 107 Å². The third-order valence-corrected chi connectivity index (χ3v) is 2.72. The summed E-state index contributed by atoms with van der Waals surface area (Å²) in [7, 11) is 1.65. The molecule has 3 nitrogen and oxygen atoms in total.